The van der Waals surface area contributed by atoms with Crippen molar-refractivity contribution in [1.29, 1.82) is 0 Å². The lowest BCUT2D eigenvalue weighted by atomic mass is 9.95. The smallest absolute Gasteiger partial charge is 0.241 e. The number of hydrogen-bond donors (Lipinski definition) is 1. The molecule has 1 fully saturated rings. The van der Waals surface area contributed by atoms with E-state index >= 15 is 0 Å². The highest BCUT2D eigenvalue weighted by molar-refractivity contribution is 5.83. The summed E-state index contributed by atoms with van der Waals surface area (Å²) < 4.78 is 0. The molecule has 88 valence electrons. The Kier molecular flexibility index (Phi) is 3.73. The van der Waals surface area contributed by atoms with Gasteiger partial charge < -0.3 is 10.2 Å². The van der Waals surface area contributed by atoms with E-state index in [1.807, 2.05) is 25.9 Å². The fourth-order valence-corrected chi connectivity index (χ4v) is 2.49. The van der Waals surface area contributed by atoms with Gasteiger partial charge in [-0.1, -0.05) is 0 Å². The van der Waals surface area contributed by atoms with Crippen molar-refractivity contribution in [3.63, 3.8) is 0 Å². The SMILES string of the molecule is CCN1C(=O)C(CNC)N(C)CC1(C)C. The van der Waals surface area contributed by atoms with Gasteiger partial charge >= 0.3 is 0 Å². The van der Waals surface area contributed by atoms with Gasteiger partial charge in [-0.3, -0.25) is 9.69 Å². The molecular formula is C11H23N3O. The zero-order valence-corrected chi connectivity index (χ0v) is 10.5. The highest BCUT2D eigenvalue weighted by Gasteiger charge is 2.41. The molecule has 4 heteroatoms. The minimum atomic E-state index is -0.0508. The third-order valence-corrected chi connectivity index (χ3v) is 3.16. The van der Waals surface area contributed by atoms with Crippen LogP contribution in [0.3, 0.4) is 0 Å². The summed E-state index contributed by atoms with van der Waals surface area (Å²) >= 11 is 0. The zero-order chi connectivity index (χ0) is 11.6. The first-order valence-corrected chi connectivity index (χ1v) is 5.60. The number of carbonyl (C=O) groups is 1. The first-order valence-electron chi connectivity index (χ1n) is 5.60. The van der Waals surface area contributed by atoms with Crippen molar-refractivity contribution in [2.24, 2.45) is 0 Å². The van der Waals surface area contributed by atoms with Gasteiger partial charge in [0.2, 0.25) is 5.91 Å². The molecule has 0 saturated carbocycles. The van der Waals surface area contributed by atoms with Crippen LogP contribution in [0.1, 0.15) is 20.8 Å². The number of hydrogen-bond acceptors (Lipinski definition) is 3. The quantitative estimate of drug-likeness (QED) is 0.725. The topological polar surface area (TPSA) is 35.6 Å². The molecule has 1 aliphatic rings. The fourth-order valence-electron chi connectivity index (χ4n) is 2.49. The van der Waals surface area contributed by atoms with E-state index in [9.17, 15) is 4.79 Å². The first-order chi connectivity index (χ1) is 6.94. The Hall–Kier alpha value is -0.610. The molecule has 0 spiro atoms. The maximum Gasteiger partial charge on any atom is 0.241 e. The lowest BCUT2D eigenvalue weighted by molar-refractivity contribution is -0.149. The molecule has 1 unspecified atom stereocenters. The third-order valence-electron chi connectivity index (χ3n) is 3.16. The van der Waals surface area contributed by atoms with Crippen LogP contribution in [-0.4, -0.2) is 61.0 Å². The van der Waals surface area contributed by atoms with Crippen LogP contribution < -0.4 is 5.32 Å². The van der Waals surface area contributed by atoms with E-state index in [4.69, 9.17) is 0 Å². The van der Waals surface area contributed by atoms with Gasteiger partial charge in [-0.05, 0) is 34.9 Å². The summed E-state index contributed by atoms with van der Waals surface area (Å²) in [5, 5.41) is 3.08. The van der Waals surface area contributed by atoms with Crippen molar-refractivity contribution in [3.8, 4) is 0 Å². The van der Waals surface area contributed by atoms with Gasteiger partial charge in [0.1, 0.15) is 6.04 Å². The van der Waals surface area contributed by atoms with E-state index < -0.39 is 0 Å². The van der Waals surface area contributed by atoms with Crippen LogP contribution in [0, 0.1) is 0 Å². The Bertz CT molecular complexity index is 240. The maximum atomic E-state index is 12.2. The number of likely N-dealkylation sites (N-methyl/N-ethyl adjacent to an activating group) is 3. The van der Waals surface area contributed by atoms with Crippen LogP contribution >= 0.6 is 0 Å². The number of carbonyl (C=O) groups excluding carboxylic acids is 1. The standard InChI is InChI=1S/C11H23N3O/c1-6-14-10(15)9(7-12-4)13(5)8-11(14,2)3/h9,12H,6-8H2,1-5H3. The summed E-state index contributed by atoms with van der Waals surface area (Å²) in [4.78, 5) is 16.3. The van der Waals surface area contributed by atoms with Gasteiger partial charge in [-0.25, -0.2) is 0 Å². The van der Waals surface area contributed by atoms with Crippen LogP contribution in [0.25, 0.3) is 0 Å². The molecule has 1 heterocycles. The van der Waals surface area contributed by atoms with E-state index in [0.717, 1.165) is 19.6 Å². The normalized spacial score (nSPS) is 27.1. The van der Waals surface area contributed by atoms with E-state index in [1.54, 1.807) is 0 Å². The van der Waals surface area contributed by atoms with Crippen molar-refractivity contribution < 1.29 is 4.79 Å². The Balaban J connectivity index is 2.85. The second kappa shape index (κ2) is 4.49. The van der Waals surface area contributed by atoms with Gasteiger partial charge in [0.15, 0.2) is 0 Å². The third kappa shape index (κ3) is 2.32. The molecule has 15 heavy (non-hydrogen) atoms. The Morgan fingerprint density at radius 2 is 2.13 bits per heavy atom. The highest BCUT2D eigenvalue weighted by Crippen LogP contribution is 2.23. The summed E-state index contributed by atoms with van der Waals surface area (Å²) in [5.41, 5.74) is -0.0508. The molecular weight excluding hydrogens is 190 g/mol. The molecule has 1 aliphatic heterocycles. The highest BCUT2D eigenvalue weighted by atomic mass is 16.2. The number of nitrogens with zero attached hydrogens (tertiary/aromatic N) is 2. The lowest BCUT2D eigenvalue weighted by Crippen LogP contribution is -2.66. The molecule has 1 N–H and O–H groups in total. The summed E-state index contributed by atoms with van der Waals surface area (Å²) in [6.45, 7) is 8.74. The predicted molar refractivity (Wildman–Crippen MR) is 61.8 cm³/mol. The Morgan fingerprint density at radius 1 is 1.53 bits per heavy atom. The number of rotatable bonds is 3. The van der Waals surface area contributed by atoms with E-state index in [-0.39, 0.29) is 17.5 Å². The van der Waals surface area contributed by atoms with Gasteiger partial charge in [-0.15, -0.1) is 0 Å². The average molecular weight is 213 g/mol. The van der Waals surface area contributed by atoms with Crippen molar-refractivity contribution in [1.82, 2.24) is 15.1 Å². The molecule has 1 saturated heterocycles. The lowest BCUT2D eigenvalue weighted by Gasteiger charge is -2.49. The Labute approximate surface area is 92.6 Å². The molecule has 4 nitrogen and oxygen atoms in total. The first kappa shape index (κ1) is 12.5. The number of amides is 1. The van der Waals surface area contributed by atoms with E-state index in [1.165, 1.54) is 0 Å². The second-order valence-corrected chi connectivity index (χ2v) is 4.88. The number of piperazine rings is 1. The second-order valence-electron chi connectivity index (χ2n) is 4.88. The molecule has 0 aliphatic carbocycles. The molecule has 0 radical (unpaired) electrons. The average Bonchev–Trinajstić information content (AvgIpc) is 2.11. The molecule has 1 atom stereocenters. The summed E-state index contributed by atoms with van der Waals surface area (Å²) in [6.07, 6.45) is 0. The van der Waals surface area contributed by atoms with Gasteiger partial charge in [0, 0.05) is 25.2 Å². The Morgan fingerprint density at radius 3 is 2.60 bits per heavy atom. The monoisotopic (exact) mass is 213 g/mol. The minimum absolute atomic E-state index is 0.0111. The number of nitrogens with one attached hydrogen (secondary N) is 1. The molecule has 1 amide bonds. The van der Waals surface area contributed by atoms with Crippen molar-refractivity contribution >= 4 is 5.91 Å². The fraction of sp³-hybridized carbons (Fsp3) is 0.909. The van der Waals surface area contributed by atoms with Gasteiger partial charge in [-0.2, -0.15) is 0 Å². The van der Waals surface area contributed by atoms with Gasteiger partial charge in [0.05, 0.1) is 0 Å². The van der Waals surface area contributed by atoms with Gasteiger partial charge in [0.25, 0.3) is 0 Å². The molecule has 0 aromatic carbocycles. The van der Waals surface area contributed by atoms with E-state index in [2.05, 4.69) is 24.1 Å². The summed E-state index contributed by atoms with van der Waals surface area (Å²) in [5.74, 6) is 0.241. The van der Waals surface area contributed by atoms with Crippen molar-refractivity contribution in [3.05, 3.63) is 0 Å². The molecule has 0 aromatic heterocycles. The zero-order valence-electron chi connectivity index (χ0n) is 10.5. The van der Waals surface area contributed by atoms with Crippen molar-refractivity contribution in [2.75, 3.05) is 33.7 Å². The maximum absolute atomic E-state index is 12.2. The predicted octanol–water partition coefficient (Wildman–Crippen LogP) is 0.147. The molecule has 0 aromatic rings. The largest absolute Gasteiger partial charge is 0.335 e. The van der Waals surface area contributed by atoms with Crippen LogP contribution in [0.5, 0.6) is 0 Å². The summed E-state index contributed by atoms with van der Waals surface area (Å²) in [6, 6.07) is -0.0111. The van der Waals surface area contributed by atoms with Crippen LogP contribution in [0.2, 0.25) is 0 Å². The molecule has 1 rings (SSSR count). The van der Waals surface area contributed by atoms with Crippen LogP contribution in [-0.2, 0) is 4.79 Å². The van der Waals surface area contributed by atoms with Crippen LogP contribution in [0.4, 0.5) is 0 Å². The van der Waals surface area contributed by atoms with Crippen LogP contribution in [0.15, 0.2) is 0 Å². The minimum Gasteiger partial charge on any atom is -0.335 e. The molecule has 0 bridgehead atoms. The summed E-state index contributed by atoms with van der Waals surface area (Å²) in [7, 11) is 3.91. The van der Waals surface area contributed by atoms with E-state index in [0.29, 0.717) is 0 Å². The van der Waals surface area contributed by atoms with Crippen molar-refractivity contribution in [2.45, 2.75) is 32.4 Å².